The van der Waals surface area contributed by atoms with Crippen molar-refractivity contribution in [1.29, 1.82) is 5.26 Å². The molecule has 0 aliphatic carbocycles. The van der Waals surface area contributed by atoms with Crippen molar-refractivity contribution >= 4 is 40.2 Å². The lowest BCUT2D eigenvalue weighted by Gasteiger charge is -2.08. The van der Waals surface area contributed by atoms with Gasteiger partial charge >= 0.3 is 0 Å². The molecule has 0 heterocycles. The van der Waals surface area contributed by atoms with Gasteiger partial charge in [-0.25, -0.2) is 4.39 Å². The van der Waals surface area contributed by atoms with Gasteiger partial charge in [0.05, 0.1) is 16.8 Å². The quantitative estimate of drug-likeness (QED) is 0.804. The van der Waals surface area contributed by atoms with E-state index in [0.717, 1.165) is 0 Å². The molecule has 0 bridgehead atoms. The number of carbonyl (C=O) groups excluding carboxylic acids is 1. The van der Waals surface area contributed by atoms with Gasteiger partial charge in [-0.1, -0.05) is 15.9 Å². The van der Waals surface area contributed by atoms with Crippen LogP contribution in [-0.2, 0) is 0 Å². The molecule has 0 aliphatic heterocycles. The van der Waals surface area contributed by atoms with Crippen molar-refractivity contribution in [3.05, 3.63) is 57.8 Å². The highest BCUT2D eigenvalue weighted by Gasteiger charge is 2.14. The molecule has 20 heavy (non-hydrogen) atoms. The Bertz CT molecular complexity index is 728. The molecule has 0 spiro atoms. The molecule has 0 aliphatic rings. The van der Waals surface area contributed by atoms with E-state index in [0.29, 0.717) is 20.6 Å². The van der Waals surface area contributed by atoms with Crippen molar-refractivity contribution in [2.75, 3.05) is 5.32 Å². The summed E-state index contributed by atoms with van der Waals surface area (Å²) in [4.78, 5) is 12.5. The van der Waals surface area contributed by atoms with E-state index < -0.39 is 11.7 Å². The number of hydrogen-bond donors (Lipinski definition) is 2. The Kier molecular flexibility index (Phi) is 4.42. The summed E-state index contributed by atoms with van der Waals surface area (Å²) >= 11 is 7.32. The summed E-state index contributed by atoms with van der Waals surface area (Å²) in [5, 5.41) is 11.5. The van der Waals surface area contributed by atoms with Crippen molar-refractivity contribution in [3.8, 4) is 6.07 Å². The number of benzene rings is 2. The van der Waals surface area contributed by atoms with Crippen molar-refractivity contribution in [3.63, 3.8) is 0 Å². The van der Waals surface area contributed by atoms with Crippen LogP contribution in [0.2, 0.25) is 0 Å². The van der Waals surface area contributed by atoms with Crippen LogP contribution < -0.4 is 5.32 Å². The Morgan fingerprint density at radius 1 is 1.30 bits per heavy atom. The Balaban J connectivity index is 2.35. The van der Waals surface area contributed by atoms with Gasteiger partial charge in [-0.05, 0) is 36.4 Å². The maximum atomic E-state index is 13.6. The zero-order valence-electron chi connectivity index (χ0n) is 10.0. The van der Waals surface area contributed by atoms with Gasteiger partial charge < -0.3 is 5.32 Å². The third-order valence-electron chi connectivity index (χ3n) is 2.54. The van der Waals surface area contributed by atoms with Gasteiger partial charge in [0.25, 0.3) is 5.91 Å². The van der Waals surface area contributed by atoms with E-state index in [1.54, 1.807) is 18.2 Å². The summed E-state index contributed by atoms with van der Waals surface area (Å²) in [6.45, 7) is 0. The summed E-state index contributed by atoms with van der Waals surface area (Å²) in [7, 11) is 0. The Morgan fingerprint density at radius 2 is 2.05 bits per heavy atom. The van der Waals surface area contributed by atoms with Crippen LogP contribution in [0.1, 0.15) is 15.9 Å². The zero-order valence-corrected chi connectivity index (χ0v) is 12.5. The number of amides is 1. The molecule has 0 radical (unpaired) electrons. The van der Waals surface area contributed by atoms with Crippen LogP contribution in [0.15, 0.2) is 45.8 Å². The lowest BCUT2D eigenvalue weighted by molar-refractivity contribution is 0.102. The standard InChI is InChI=1S/C14H8BrFN2OS/c15-9-2-1-8(7-17)13(5-9)18-14(19)11-6-10(20)3-4-12(11)16/h1-6,20H,(H,18,19). The zero-order chi connectivity index (χ0) is 14.7. The smallest absolute Gasteiger partial charge is 0.258 e. The van der Waals surface area contributed by atoms with E-state index in [4.69, 9.17) is 5.26 Å². The normalized spacial score (nSPS) is 9.90. The first-order valence-electron chi connectivity index (χ1n) is 5.51. The van der Waals surface area contributed by atoms with E-state index in [-0.39, 0.29) is 5.56 Å². The van der Waals surface area contributed by atoms with Crippen LogP contribution in [0.25, 0.3) is 0 Å². The predicted octanol–water partition coefficient (Wildman–Crippen LogP) is 4.00. The van der Waals surface area contributed by atoms with Crippen LogP contribution >= 0.6 is 28.6 Å². The number of thiol groups is 1. The van der Waals surface area contributed by atoms with Crippen LogP contribution in [0.4, 0.5) is 10.1 Å². The number of anilines is 1. The second-order valence-electron chi connectivity index (χ2n) is 3.92. The average molecular weight is 351 g/mol. The largest absolute Gasteiger partial charge is 0.321 e. The van der Waals surface area contributed by atoms with Gasteiger partial charge in [0.2, 0.25) is 0 Å². The maximum absolute atomic E-state index is 13.6. The van der Waals surface area contributed by atoms with Crippen LogP contribution in [-0.4, -0.2) is 5.91 Å². The minimum absolute atomic E-state index is 0.124. The van der Waals surface area contributed by atoms with Crippen molar-refractivity contribution in [2.24, 2.45) is 0 Å². The number of carbonyl (C=O) groups is 1. The van der Waals surface area contributed by atoms with Crippen molar-refractivity contribution < 1.29 is 9.18 Å². The molecule has 2 aromatic carbocycles. The maximum Gasteiger partial charge on any atom is 0.258 e. The number of nitrogens with one attached hydrogen (secondary N) is 1. The fraction of sp³-hybridized carbons (Fsp3) is 0. The van der Waals surface area contributed by atoms with Gasteiger partial charge in [0, 0.05) is 9.37 Å². The van der Waals surface area contributed by atoms with Gasteiger partial charge in [-0.15, -0.1) is 12.6 Å². The molecule has 0 saturated carbocycles. The summed E-state index contributed by atoms with van der Waals surface area (Å²) < 4.78 is 14.3. The van der Waals surface area contributed by atoms with Crippen molar-refractivity contribution in [2.45, 2.75) is 4.90 Å². The molecule has 1 amide bonds. The Labute approximate surface area is 129 Å². The topological polar surface area (TPSA) is 52.9 Å². The molecule has 0 fully saturated rings. The summed E-state index contributed by atoms with van der Waals surface area (Å²) in [6.07, 6.45) is 0. The molecular weight excluding hydrogens is 343 g/mol. The number of nitrogens with zero attached hydrogens (tertiary/aromatic N) is 1. The van der Waals surface area contributed by atoms with Gasteiger partial charge in [0.15, 0.2) is 0 Å². The molecule has 100 valence electrons. The molecule has 0 saturated heterocycles. The van der Waals surface area contributed by atoms with Crippen LogP contribution in [0.3, 0.4) is 0 Å². The van der Waals surface area contributed by atoms with E-state index in [9.17, 15) is 9.18 Å². The first kappa shape index (κ1) is 14.6. The third-order valence-corrected chi connectivity index (χ3v) is 3.32. The van der Waals surface area contributed by atoms with E-state index >= 15 is 0 Å². The van der Waals surface area contributed by atoms with Gasteiger partial charge in [-0.3, -0.25) is 4.79 Å². The molecule has 6 heteroatoms. The second-order valence-corrected chi connectivity index (χ2v) is 5.35. The lowest BCUT2D eigenvalue weighted by atomic mass is 10.1. The fourth-order valence-electron chi connectivity index (χ4n) is 1.59. The summed E-state index contributed by atoms with van der Waals surface area (Å²) in [5.74, 6) is -1.28. The highest BCUT2D eigenvalue weighted by molar-refractivity contribution is 9.10. The minimum atomic E-state index is -0.645. The average Bonchev–Trinajstić information content (AvgIpc) is 2.41. The minimum Gasteiger partial charge on any atom is -0.321 e. The van der Waals surface area contributed by atoms with Gasteiger partial charge in [-0.2, -0.15) is 5.26 Å². The molecule has 2 aromatic rings. The molecule has 2 rings (SSSR count). The highest BCUT2D eigenvalue weighted by Crippen LogP contribution is 2.22. The second kappa shape index (κ2) is 6.07. The number of nitriles is 1. The first-order chi connectivity index (χ1) is 9.51. The van der Waals surface area contributed by atoms with E-state index in [2.05, 4.69) is 33.9 Å². The number of hydrogen-bond acceptors (Lipinski definition) is 3. The third kappa shape index (κ3) is 3.18. The van der Waals surface area contributed by atoms with Crippen LogP contribution in [0, 0.1) is 17.1 Å². The summed E-state index contributed by atoms with van der Waals surface area (Å²) in [6, 6.07) is 10.7. The number of rotatable bonds is 2. The molecular formula is C14H8BrFN2OS. The number of halogens is 2. The van der Waals surface area contributed by atoms with E-state index in [1.165, 1.54) is 18.2 Å². The lowest BCUT2D eigenvalue weighted by Crippen LogP contribution is -2.14. The highest BCUT2D eigenvalue weighted by atomic mass is 79.9. The van der Waals surface area contributed by atoms with E-state index in [1.807, 2.05) is 6.07 Å². The molecule has 0 aromatic heterocycles. The van der Waals surface area contributed by atoms with Crippen molar-refractivity contribution in [1.82, 2.24) is 0 Å². The predicted molar refractivity (Wildman–Crippen MR) is 80.5 cm³/mol. The molecule has 1 N–H and O–H groups in total. The Hall–Kier alpha value is -1.84. The van der Waals surface area contributed by atoms with Crippen LogP contribution in [0.5, 0.6) is 0 Å². The Morgan fingerprint density at radius 3 is 2.75 bits per heavy atom. The molecule has 0 unspecified atom stereocenters. The fourth-order valence-corrected chi connectivity index (χ4v) is 2.16. The SMILES string of the molecule is N#Cc1ccc(Br)cc1NC(=O)c1cc(S)ccc1F. The molecule has 3 nitrogen and oxygen atoms in total. The first-order valence-corrected chi connectivity index (χ1v) is 6.75. The van der Waals surface area contributed by atoms with Gasteiger partial charge in [0.1, 0.15) is 11.9 Å². The molecule has 0 atom stereocenters. The summed E-state index contributed by atoms with van der Waals surface area (Å²) in [5.41, 5.74) is 0.487. The monoisotopic (exact) mass is 350 g/mol.